The lowest BCUT2D eigenvalue weighted by atomic mass is 10.4. The number of nitrogens with one attached hydrogen (secondary N) is 2. The minimum Gasteiger partial charge on any atom is -0.357 e. The van der Waals surface area contributed by atoms with Crippen LogP contribution in [0.4, 0.5) is 0 Å². The molecule has 18 heavy (non-hydrogen) atoms. The summed E-state index contributed by atoms with van der Waals surface area (Å²) in [6.07, 6.45) is 5.74. The van der Waals surface area contributed by atoms with Crippen molar-refractivity contribution in [1.82, 2.24) is 15.6 Å². The molecule has 0 saturated carbocycles. The number of hydrogen-bond acceptors (Lipinski definition) is 3. The van der Waals surface area contributed by atoms with E-state index in [1.54, 1.807) is 11.3 Å². The molecule has 0 fully saturated rings. The van der Waals surface area contributed by atoms with Crippen LogP contribution in [-0.2, 0) is 12.8 Å². The standard InChI is InChI=1S/C13H22N4S/c1-4-8-15-13(14-6-3)16-9-7-12-17-10-11(5-2)18-12/h4,10H,1,5-9H2,2-3H3,(H2,14,15,16). The molecule has 0 atom stereocenters. The average Bonchev–Trinajstić information content (AvgIpc) is 2.84. The maximum absolute atomic E-state index is 4.49. The zero-order valence-corrected chi connectivity index (χ0v) is 12.0. The molecule has 1 rings (SSSR count). The molecule has 1 aromatic rings. The van der Waals surface area contributed by atoms with Crippen LogP contribution in [0.2, 0.25) is 0 Å². The summed E-state index contributed by atoms with van der Waals surface area (Å²) in [5.74, 6) is 0.838. The number of rotatable bonds is 7. The van der Waals surface area contributed by atoms with Crippen LogP contribution in [0.1, 0.15) is 23.7 Å². The van der Waals surface area contributed by atoms with Crippen molar-refractivity contribution in [3.63, 3.8) is 0 Å². The van der Waals surface area contributed by atoms with Crippen molar-refractivity contribution in [2.24, 2.45) is 4.99 Å². The van der Waals surface area contributed by atoms with Crippen LogP contribution >= 0.6 is 11.3 Å². The van der Waals surface area contributed by atoms with Gasteiger partial charge in [0, 0.05) is 37.1 Å². The van der Waals surface area contributed by atoms with Crippen molar-refractivity contribution in [2.45, 2.75) is 26.7 Å². The third-order valence-electron chi connectivity index (χ3n) is 2.30. The quantitative estimate of drug-likeness (QED) is 0.451. The first-order valence-electron chi connectivity index (χ1n) is 6.36. The fourth-order valence-electron chi connectivity index (χ4n) is 1.40. The Morgan fingerprint density at radius 2 is 2.33 bits per heavy atom. The van der Waals surface area contributed by atoms with Crippen LogP contribution in [0.25, 0.3) is 0 Å². The molecule has 0 radical (unpaired) electrons. The first-order chi connectivity index (χ1) is 8.80. The normalized spacial score (nSPS) is 11.3. The molecule has 0 aliphatic rings. The molecule has 0 aliphatic heterocycles. The van der Waals surface area contributed by atoms with Gasteiger partial charge in [0.25, 0.3) is 0 Å². The van der Waals surface area contributed by atoms with Gasteiger partial charge in [-0.15, -0.1) is 17.9 Å². The summed E-state index contributed by atoms with van der Waals surface area (Å²) in [5.41, 5.74) is 0. The van der Waals surface area contributed by atoms with E-state index in [9.17, 15) is 0 Å². The zero-order valence-electron chi connectivity index (χ0n) is 11.2. The summed E-state index contributed by atoms with van der Waals surface area (Å²) in [6.45, 7) is 10.2. The van der Waals surface area contributed by atoms with Gasteiger partial charge >= 0.3 is 0 Å². The van der Waals surface area contributed by atoms with Gasteiger partial charge in [-0.25, -0.2) is 4.98 Å². The monoisotopic (exact) mass is 266 g/mol. The number of aliphatic imine (C=N–C) groups is 1. The van der Waals surface area contributed by atoms with Gasteiger partial charge in [0.1, 0.15) is 0 Å². The lowest BCUT2D eigenvalue weighted by Gasteiger charge is -2.08. The molecule has 0 aromatic carbocycles. The molecule has 5 heteroatoms. The van der Waals surface area contributed by atoms with E-state index < -0.39 is 0 Å². The van der Waals surface area contributed by atoms with E-state index >= 15 is 0 Å². The van der Waals surface area contributed by atoms with Crippen molar-refractivity contribution < 1.29 is 0 Å². The number of aromatic nitrogens is 1. The highest BCUT2D eigenvalue weighted by molar-refractivity contribution is 7.11. The van der Waals surface area contributed by atoms with E-state index in [2.05, 4.69) is 41.0 Å². The third kappa shape index (κ3) is 5.31. The van der Waals surface area contributed by atoms with Gasteiger partial charge in [-0.05, 0) is 13.3 Å². The SMILES string of the molecule is C=CCNC(=NCCc1ncc(CC)s1)NCC. The Kier molecular flexibility index (Phi) is 7.10. The molecular weight excluding hydrogens is 244 g/mol. The number of guanidine groups is 1. The first kappa shape index (κ1) is 14.7. The topological polar surface area (TPSA) is 49.3 Å². The Hall–Kier alpha value is -1.36. The average molecular weight is 266 g/mol. The Bertz CT molecular complexity index is 384. The molecule has 1 heterocycles. The van der Waals surface area contributed by atoms with Gasteiger partial charge in [-0.2, -0.15) is 0 Å². The van der Waals surface area contributed by atoms with E-state index in [1.165, 1.54) is 4.88 Å². The van der Waals surface area contributed by atoms with Crippen LogP contribution in [0.15, 0.2) is 23.8 Å². The highest BCUT2D eigenvalue weighted by atomic mass is 32.1. The number of aryl methyl sites for hydroxylation is 1. The second-order valence-corrected chi connectivity index (χ2v) is 4.95. The first-order valence-corrected chi connectivity index (χ1v) is 7.18. The molecule has 0 unspecified atom stereocenters. The van der Waals surface area contributed by atoms with Gasteiger partial charge in [0.15, 0.2) is 5.96 Å². The number of nitrogens with zero attached hydrogens (tertiary/aromatic N) is 2. The van der Waals surface area contributed by atoms with Crippen LogP contribution in [0, 0.1) is 0 Å². The fraction of sp³-hybridized carbons (Fsp3) is 0.538. The summed E-state index contributed by atoms with van der Waals surface area (Å²) in [7, 11) is 0. The van der Waals surface area contributed by atoms with Gasteiger partial charge in [-0.3, -0.25) is 4.99 Å². The van der Waals surface area contributed by atoms with Gasteiger partial charge in [0.05, 0.1) is 5.01 Å². The maximum atomic E-state index is 4.49. The van der Waals surface area contributed by atoms with E-state index in [0.29, 0.717) is 0 Å². The van der Waals surface area contributed by atoms with Crippen molar-refractivity contribution in [3.05, 3.63) is 28.7 Å². The lowest BCUT2D eigenvalue weighted by Crippen LogP contribution is -2.37. The molecule has 0 amide bonds. The highest BCUT2D eigenvalue weighted by Gasteiger charge is 2.00. The van der Waals surface area contributed by atoms with Crippen molar-refractivity contribution in [3.8, 4) is 0 Å². The van der Waals surface area contributed by atoms with Crippen LogP contribution in [0.5, 0.6) is 0 Å². The van der Waals surface area contributed by atoms with E-state index in [4.69, 9.17) is 0 Å². The Morgan fingerprint density at radius 1 is 1.50 bits per heavy atom. The summed E-state index contributed by atoms with van der Waals surface area (Å²) >= 11 is 1.78. The molecule has 0 saturated heterocycles. The van der Waals surface area contributed by atoms with Gasteiger partial charge in [0.2, 0.25) is 0 Å². The summed E-state index contributed by atoms with van der Waals surface area (Å²) in [5, 5.41) is 7.53. The Labute approximate surface area is 113 Å². The van der Waals surface area contributed by atoms with Crippen LogP contribution in [-0.4, -0.2) is 30.6 Å². The summed E-state index contributed by atoms with van der Waals surface area (Å²) < 4.78 is 0. The van der Waals surface area contributed by atoms with Gasteiger partial charge in [-0.1, -0.05) is 13.0 Å². The molecule has 0 spiro atoms. The van der Waals surface area contributed by atoms with Crippen molar-refractivity contribution in [1.29, 1.82) is 0 Å². The predicted octanol–water partition coefficient (Wildman–Crippen LogP) is 1.99. The fourth-order valence-corrected chi connectivity index (χ4v) is 2.25. The highest BCUT2D eigenvalue weighted by Crippen LogP contribution is 2.13. The second-order valence-electron chi connectivity index (χ2n) is 3.75. The van der Waals surface area contributed by atoms with E-state index in [1.807, 2.05) is 12.3 Å². The Morgan fingerprint density at radius 3 is 2.94 bits per heavy atom. The largest absolute Gasteiger partial charge is 0.357 e. The summed E-state index contributed by atoms with van der Waals surface area (Å²) in [4.78, 5) is 10.2. The van der Waals surface area contributed by atoms with Crippen LogP contribution in [0.3, 0.4) is 0 Å². The van der Waals surface area contributed by atoms with E-state index in [-0.39, 0.29) is 0 Å². The van der Waals surface area contributed by atoms with E-state index in [0.717, 1.165) is 43.4 Å². The molecule has 0 aliphatic carbocycles. The molecule has 2 N–H and O–H groups in total. The Balaban J connectivity index is 2.41. The van der Waals surface area contributed by atoms with Crippen molar-refractivity contribution in [2.75, 3.05) is 19.6 Å². The zero-order chi connectivity index (χ0) is 13.2. The van der Waals surface area contributed by atoms with Crippen LogP contribution < -0.4 is 10.6 Å². The lowest BCUT2D eigenvalue weighted by molar-refractivity contribution is 0.849. The smallest absolute Gasteiger partial charge is 0.191 e. The molecule has 100 valence electrons. The third-order valence-corrected chi connectivity index (χ3v) is 3.50. The number of thiazole rings is 1. The molecule has 1 aromatic heterocycles. The maximum Gasteiger partial charge on any atom is 0.191 e. The minimum absolute atomic E-state index is 0.725. The molecular formula is C13H22N4S. The summed E-state index contributed by atoms with van der Waals surface area (Å²) in [6, 6.07) is 0. The van der Waals surface area contributed by atoms with Crippen molar-refractivity contribution >= 4 is 17.3 Å². The second kappa shape index (κ2) is 8.69. The molecule has 0 bridgehead atoms. The number of hydrogen-bond donors (Lipinski definition) is 2. The minimum atomic E-state index is 0.725. The van der Waals surface area contributed by atoms with Gasteiger partial charge < -0.3 is 10.6 Å². The predicted molar refractivity (Wildman–Crippen MR) is 79.4 cm³/mol. The molecule has 4 nitrogen and oxygen atoms in total.